The maximum atomic E-state index is 2.55. The Kier molecular flexibility index (Phi) is 3.42. The van der Waals surface area contributed by atoms with Crippen LogP contribution in [-0.4, -0.2) is 5.54 Å². The fourth-order valence-corrected chi connectivity index (χ4v) is 3.80. The van der Waals surface area contributed by atoms with Crippen LogP contribution in [-0.2, 0) is 6.42 Å². The van der Waals surface area contributed by atoms with Crippen molar-refractivity contribution in [2.75, 3.05) is 4.90 Å². The van der Waals surface area contributed by atoms with Gasteiger partial charge in [0.1, 0.15) is 0 Å². The van der Waals surface area contributed by atoms with Crippen LogP contribution in [0, 0.1) is 0 Å². The first-order valence-electron chi connectivity index (χ1n) is 8.22. The standard InChI is InChI=1S/C22H21N/c1-22(17-18-11-5-2-6-12-18)21(19-13-7-3-8-14-19)23(22)20-15-9-4-10-16-20/h2-16,21H,17H2,1H3/t21-,22-,23?/m1/s1. The minimum atomic E-state index is 0.129. The maximum Gasteiger partial charge on any atom is 0.0782 e. The highest BCUT2D eigenvalue weighted by molar-refractivity contribution is 5.63. The molecule has 0 N–H and O–H groups in total. The van der Waals surface area contributed by atoms with Gasteiger partial charge in [-0.15, -0.1) is 0 Å². The van der Waals surface area contributed by atoms with Gasteiger partial charge >= 0.3 is 0 Å². The number of para-hydroxylation sites is 1. The summed E-state index contributed by atoms with van der Waals surface area (Å²) in [6.07, 6.45) is 1.06. The zero-order valence-electron chi connectivity index (χ0n) is 13.4. The lowest BCUT2D eigenvalue weighted by molar-refractivity contribution is 0.679. The predicted octanol–water partition coefficient (Wildman–Crippen LogP) is 5.25. The molecule has 1 fully saturated rings. The lowest BCUT2D eigenvalue weighted by Crippen LogP contribution is -2.17. The van der Waals surface area contributed by atoms with Gasteiger partial charge in [0.2, 0.25) is 0 Å². The second-order valence-corrected chi connectivity index (χ2v) is 6.54. The lowest BCUT2D eigenvalue weighted by atomic mass is 9.94. The molecule has 4 rings (SSSR count). The average Bonchev–Trinajstić information content (AvgIpc) is 3.22. The van der Waals surface area contributed by atoms with Gasteiger partial charge in [-0.25, -0.2) is 0 Å². The van der Waals surface area contributed by atoms with Crippen molar-refractivity contribution < 1.29 is 0 Å². The summed E-state index contributed by atoms with van der Waals surface area (Å²) in [5, 5.41) is 0. The smallest absolute Gasteiger partial charge is 0.0782 e. The Labute approximate surface area is 138 Å². The van der Waals surface area contributed by atoms with E-state index in [-0.39, 0.29) is 5.54 Å². The van der Waals surface area contributed by atoms with E-state index in [0.717, 1.165) is 6.42 Å². The molecule has 0 spiro atoms. The van der Waals surface area contributed by atoms with Gasteiger partial charge in [-0.1, -0.05) is 78.9 Å². The number of hydrogen-bond acceptors (Lipinski definition) is 1. The van der Waals surface area contributed by atoms with Gasteiger partial charge in [0.25, 0.3) is 0 Å². The molecule has 2 atom stereocenters. The predicted molar refractivity (Wildman–Crippen MR) is 96.7 cm³/mol. The summed E-state index contributed by atoms with van der Waals surface area (Å²) in [7, 11) is 0. The highest BCUT2D eigenvalue weighted by atomic mass is 15.4. The highest BCUT2D eigenvalue weighted by Crippen LogP contribution is 2.57. The number of benzene rings is 3. The summed E-state index contributed by atoms with van der Waals surface area (Å²) in [5.41, 5.74) is 4.23. The molecular weight excluding hydrogens is 278 g/mol. The molecule has 1 heteroatoms. The third-order valence-electron chi connectivity index (χ3n) is 4.88. The van der Waals surface area contributed by atoms with E-state index in [4.69, 9.17) is 0 Å². The van der Waals surface area contributed by atoms with Gasteiger partial charge in [-0.3, -0.25) is 0 Å². The van der Waals surface area contributed by atoms with Gasteiger partial charge in [0, 0.05) is 5.69 Å². The molecule has 3 aromatic rings. The van der Waals surface area contributed by atoms with E-state index in [1.807, 2.05) is 0 Å². The van der Waals surface area contributed by atoms with Gasteiger partial charge in [-0.05, 0) is 36.6 Å². The molecule has 1 saturated heterocycles. The molecule has 0 unspecified atom stereocenters. The molecular formula is C22H21N. The van der Waals surface area contributed by atoms with Crippen LogP contribution in [0.1, 0.15) is 24.1 Å². The summed E-state index contributed by atoms with van der Waals surface area (Å²) in [5.74, 6) is 0. The van der Waals surface area contributed by atoms with Crippen molar-refractivity contribution in [2.45, 2.75) is 24.9 Å². The normalized spacial score (nSPS) is 22.8. The number of hydrogen-bond donors (Lipinski definition) is 0. The monoisotopic (exact) mass is 299 g/mol. The first-order chi connectivity index (χ1) is 11.3. The Morgan fingerprint density at radius 1 is 0.739 bits per heavy atom. The number of nitrogens with zero attached hydrogens (tertiary/aromatic N) is 1. The van der Waals surface area contributed by atoms with Gasteiger partial charge < -0.3 is 4.90 Å². The first kappa shape index (κ1) is 14.1. The van der Waals surface area contributed by atoms with Crippen LogP contribution in [0.3, 0.4) is 0 Å². The largest absolute Gasteiger partial charge is 0.354 e. The minimum Gasteiger partial charge on any atom is -0.354 e. The van der Waals surface area contributed by atoms with Crippen molar-refractivity contribution >= 4 is 5.69 Å². The van der Waals surface area contributed by atoms with Crippen molar-refractivity contribution in [3.8, 4) is 0 Å². The molecule has 1 heterocycles. The molecule has 0 amide bonds. The van der Waals surface area contributed by atoms with Crippen molar-refractivity contribution in [3.05, 3.63) is 102 Å². The Balaban J connectivity index is 1.71. The molecule has 0 radical (unpaired) electrons. The number of rotatable bonds is 4. The fourth-order valence-electron chi connectivity index (χ4n) is 3.80. The quantitative estimate of drug-likeness (QED) is 0.595. The van der Waals surface area contributed by atoms with E-state index in [1.165, 1.54) is 16.8 Å². The summed E-state index contributed by atoms with van der Waals surface area (Å²) < 4.78 is 0. The van der Waals surface area contributed by atoms with E-state index in [1.54, 1.807) is 0 Å². The van der Waals surface area contributed by atoms with Crippen LogP contribution in [0.25, 0.3) is 0 Å². The molecule has 0 aromatic heterocycles. The van der Waals surface area contributed by atoms with Crippen molar-refractivity contribution in [1.82, 2.24) is 0 Å². The SMILES string of the molecule is C[C@@]1(Cc2ccccc2)[C@@H](c2ccccc2)N1c1ccccc1. The molecule has 1 aliphatic heterocycles. The van der Waals surface area contributed by atoms with Gasteiger partial charge in [-0.2, -0.15) is 0 Å². The minimum absolute atomic E-state index is 0.129. The van der Waals surface area contributed by atoms with Crippen LogP contribution in [0.5, 0.6) is 0 Å². The molecule has 1 aliphatic rings. The van der Waals surface area contributed by atoms with Crippen LogP contribution in [0.2, 0.25) is 0 Å². The summed E-state index contributed by atoms with van der Waals surface area (Å²) in [4.78, 5) is 2.55. The number of anilines is 1. The van der Waals surface area contributed by atoms with Gasteiger partial charge in [0.05, 0.1) is 11.6 Å². The Morgan fingerprint density at radius 2 is 1.26 bits per heavy atom. The summed E-state index contributed by atoms with van der Waals surface area (Å²) in [6, 6.07) is 32.9. The van der Waals surface area contributed by atoms with Crippen LogP contribution in [0.15, 0.2) is 91.0 Å². The van der Waals surface area contributed by atoms with E-state index in [0.29, 0.717) is 6.04 Å². The zero-order chi connectivity index (χ0) is 15.7. The maximum absolute atomic E-state index is 2.55. The highest BCUT2D eigenvalue weighted by Gasteiger charge is 2.59. The van der Waals surface area contributed by atoms with Crippen molar-refractivity contribution in [3.63, 3.8) is 0 Å². The lowest BCUT2D eigenvalue weighted by Gasteiger charge is -2.13. The summed E-state index contributed by atoms with van der Waals surface area (Å²) in [6.45, 7) is 2.38. The topological polar surface area (TPSA) is 3.01 Å². The first-order valence-corrected chi connectivity index (χ1v) is 8.22. The average molecular weight is 299 g/mol. The second kappa shape index (κ2) is 5.58. The van der Waals surface area contributed by atoms with E-state index >= 15 is 0 Å². The van der Waals surface area contributed by atoms with E-state index in [9.17, 15) is 0 Å². The molecule has 114 valence electrons. The Bertz CT molecular complexity index is 719. The third-order valence-corrected chi connectivity index (χ3v) is 4.88. The van der Waals surface area contributed by atoms with E-state index < -0.39 is 0 Å². The molecule has 0 aliphatic carbocycles. The zero-order valence-corrected chi connectivity index (χ0v) is 13.4. The van der Waals surface area contributed by atoms with Gasteiger partial charge in [0.15, 0.2) is 0 Å². The second-order valence-electron chi connectivity index (χ2n) is 6.54. The molecule has 0 bridgehead atoms. The van der Waals surface area contributed by atoms with Crippen LogP contribution < -0.4 is 4.90 Å². The van der Waals surface area contributed by atoms with Crippen LogP contribution in [0.4, 0.5) is 5.69 Å². The Hall–Kier alpha value is -2.54. The van der Waals surface area contributed by atoms with Crippen LogP contribution >= 0.6 is 0 Å². The van der Waals surface area contributed by atoms with Crippen molar-refractivity contribution in [1.29, 1.82) is 0 Å². The molecule has 0 saturated carbocycles. The molecule has 3 aromatic carbocycles. The summed E-state index contributed by atoms with van der Waals surface area (Å²) >= 11 is 0. The Morgan fingerprint density at radius 3 is 1.87 bits per heavy atom. The van der Waals surface area contributed by atoms with Crippen molar-refractivity contribution in [2.24, 2.45) is 0 Å². The molecule has 23 heavy (non-hydrogen) atoms. The fraction of sp³-hybridized carbons (Fsp3) is 0.182. The molecule has 1 nitrogen and oxygen atoms in total. The third kappa shape index (κ3) is 2.53. The van der Waals surface area contributed by atoms with E-state index in [2.05, 4.69) is 103 Å².